The molecule has 2 aromatic rings. The van der Waals surface area contributed by atoms with Gasteiger partial charge in [-0.15, -0.1) is 0 Å². The van der Waals surface area contributed by atoms with Crippen molar-refractivity contribution < 1.29 is 14.3 Å². The lowest BCUT2D eigenvalue weighted by atomic mass is 9.72. The number of nitrogens with zero attached hydrogens (tertiary/aromatic N) is 2. The SMILES string of the molecule is C.C.C=C(CC1CC(=O)N(CCN2CCOC2c2cccc3ccccc23)C1=O)CC(C)(C)CC(C)(C)C. The van der Waals surface area contributed by atoms with Gasteiger partial charge in [-0.1, -0.05) is 104 Å². The van der Waals surface area contributed by atoms with Gasteiger partial charge >= 0.3 is 0 Å². The van der Waals surface area contributed by atoms with E-state index in [-0.39, 0.29) is 49.6 Å². The molecule has 2 unspecified atom stereocenters. The molecule has 2 aliphatic rings. The van der Waals surface area contributed by atoms with Gasteiger partial charge in [0.05, 0.1) is 12.5 Å². The van der Waals surface area contributed by atoms with Gasteiger partial charge in [0.15, 0.2) is 0 Å². The van der Waals surface area contributed by atoms with Gasteiger partial charge in [0.2, 0.25) is 11.8 Å². The van der Waals surface area contributed by atoms with Crippen LogP contribution in [0.5, 0.6) is 0 Å². The highest BCUT2D eigenvalue weighted by Gasteiger charge is 2.40. The Hall–Kier alpha value is -2.50. The first-order valence-electron chi connectivity index (χ1n) is 13.3. The third kappa shape index (κ3) is 7.54. The number of fused-ring (bicyclic) bond motifs is 1. The number of hydrogen-bond acceptors (Lipinski definition) is 4. The zero-order valence-corrected chi connectivity index (χ0v) is 22.7. The summed E-state index contributed by atoms with van der Waals surface area (Å²) in [5.74, 6) is -0.385. The van der Waals surface area contributed by atoms with E-state index in [1.807, 2.05) is 12.1 Å². The molecule has 210 valence electrons. The molecule has 0 aliphatic carbocycles. The summed E-state index contributed by atoms with van der Waals surface area (Å²) in [6.45, 7) is 18.0. The summed E-state index contributed by atoms with van der Waals surface area (Å²) < 4.78 is 6.11. The third-order valence-electron chi connectivity index (χ3n) is 7.30. The minimum atomic E-state index is -0.279. The van der Waals surface area contributed by atoms with Crippen molar-refractivity contribution in [3.63, 3.8) is 0 Å². The van der Waals surface area contributed by atoms with E-state index in [0.29, 0.717) is 32.5 Å². The second-order valence-electron chi connectivity index (χ2n) is 12.6. The van der Waals surface area contributed by atoms with Crippen LogP contribution in [0.25, 0.3) is 10.8 Å². The average Bonchev–Trinajstić information content (AvgIpc) is 3.34. The Labute approximate surface area is 231 Å². The molecule has 0 saturated carbocycles. The topological polar surface area (TPSA) is 49.9 Å². The number of rotatable bonds is 9. The van der Waals surface area contributed by atoms with Gasteiger partial charge in [0, 0.05) is 31.6 Å². The highest BCUT2D eigenvalue weighted by molar-refractivity contribution is 6.03. The Kier molecular flexibility index (Phi) is 10.5. The summed E-state index contributed by atoms with van der Waals surface area (Å²) in [4.78, 5) is 29.7. The number of carbonyl (C=O) groups excluding carboxylic acids is 2. The van der Waals surface area contributed by atoms with Crippen molar-refractivity contribution in [1.29, 1.82) is 0 Å². The first-order valence-corrected chi connectivity index (χ1v) is 13.3. The van der Waals surface area contributed by atoms with Crippen LogP contribution in [-0.2, 0) is 14.3 Å². The minimum Gasteiger partial charge on any atom is -0.357 e. The van der Waals surface area contributed by atoms with Gasteiger partial charge in [-0.25, -0.2) is 0 Å². The Bertz CT molecular complexity index is 1130. The maximum atomic E-state index is 13.2. The lowest BCUT2D eigenvalue weighted by Gasteiger charge is -2.33. The molecule has 0 bridgehead atoms. The maximum absolute atomic E-state index is 13.2. The molecule has 2 fully saturated rings. The number of carbonyl (C=O) groups is 2. The van der Waals surface area contributed by atoms with Crippen molar-refractivity contribution in [3.8, 4) is 0 Å². The monoisotopic (exact) mass is 522 g/mol. The Morgan fingerprint density at radius 3 is 2.39 bits per heavy atom. The molecular weight excluding hydrogens is 472 g/mol. The fourth-order valence-corrected chi connectivity index (χ4v) is 6.46. The van der Waals surface area contributed by atoms with Crippen molar-refractivity contribution in [2.45, 2.75) is 81.4 Å². The van der Waals surface area contributed by atoms with E-state index in [9.17, 15) is 9.59 Å². The molecule has 38 heavy (non-hydrogen) atoms. The molecule has 5 nitrogen and oxygen atoms in total. The average molecular weight is 523 g/mol. The normalized spacial score (nSPS) is 20.5. The molecule has 2 aromatic carbocycles. The predicted molar refractivity (Wildman–Crippen MR) is 159 cm³/mol. The van der Waals surface area contributed by atoms with E-state index < -0.39 is 0 Å². The van der Waals surface area contributed by atoms with E-state index in [4.69, 9.17) is 4.74 Å². The lowest BCUT2D eigenvalue weighted by Crippen LogP contribution is -2.38. The van der Waals surface area contributed by atoms with Crippen LogP contribution < -0.4 is 0 Å². The molecule has 2 atom stereocenters. The lowest BCUT2D eigenvalue weighted by molar-refractivity contribution is -0.139. The van der Waals surface area contributed by atoms with Crippen LogP contribution in [0, 0.1) is 16.7 Å². The van der Waals surface area contributed by atoms with Gasteiger partial charge in [-0.3, -0.25) is 19.4 Å². The quantitative estimate of drug-likeness (QED) is 0.251. The molecule has 2 saturated heterocycles. The highest BCUT2D eigenvalue weighted by atomic mass is 16.5. The Morgan fingerprint density at radius 2 is 1.68 bits per heavy atom. The molecule has 4 rings (SSSR count). The van der Waals surface area contributed by atoms with E-state index in [0.717, 1.165) is 30.5 Å². The summed E-state index contributed by atoms with van der Waals surface area (Å²) >= 11 is 0. The van der Waals surface area contributed by atoms with Crippen LogP contribution in [0.2, 0.25) is 0 Å². The number of amides is 2. The first-order chi connectivity index (χ1) is 16.9. The Morgan fingerprint density at radius 1 is 1.00 bits per heavy atom. The standard InChI is InChI=1S/C31H42N2O3.2CH4/c1-22(20-31(5,6)21-30(2,3)4)18-24-19-27(34)33(28(24)35)15-14-32-16-17-36-29(32)26-13-9-11-23-10-7-8-12-25(23)26;;/h7-13,24,29H,1,14-21H2,2-6H3;2*1H4. The summed E-state index contributed by atoms with van der Waals surface area (Å²) in [5.41, 5.74) is 2.56. The van der Waals surface area contributed by atoms with Crippen LogP contribution in [0.15, 0.2) is 54.6 Å². The molecule has 2 heterocycles. The van der Waals surface area contributed by atoms with Crippen LogP contribution in [0.4, 0.5) is 0 Å². The molecular formula is C33H50N2O3. The molecule has 0 radical (unpaired) electrons. The number of hydrogen-bond donors (Lipinski definition) is 0. The zero-order chi connectivity index (χ0) is 26.1. The summed E-state index contributed by atoms with van der Waals surface area (Å²) in [6.07, 6.45) is 2.68. The summed E-state index contributed by atoms with van der Waals surface area (Å²) in [6, 6.07) is 14.6. The van der Waals surface area contributed by atoms with Gasteiger partial charge in [0.1, 0.15) is 6.23 Å². The first kappa shape index (κ1) is 31.7. The zero-order valence-electron chi connectivity index (χ0n) is 22.7. The number of imide groups is 1. The van der Waals surface area contributed by atoms with Gasteiger partial charge < -0.3 is 4.74 Å². The summed E-state index contributed by atoms with van der Waals surface area (Å²) in [7, 11) is 0. The van der Waals surface area contributed by atoms with E-state index >= 15 is 0 Å². The molecule has 0 spiro atoms. The minimum absolute atomic E-state index is 0. The second-order valence-corrected chi connectivity index (χ2v) is 12.6. The molecule has 2 aliphatic heterocycles. The van der Waals surface area contributed by atoms with Crippen LogP contribution in [0.3, 0.4) is 0 Å². The molecule has 2 amide bonds. The van der Waals surface area contributed by atoms with Crippen molar-refractivity contribution in [3.05, 3.63) is 60.2 Å². The highest BCUT2D eigenvalue weighted by Crippen LogP contribution is 2.39. The molecule has 0 aromatic heterocycles. The predicted octanol–water partition coefficient (Wildman–Crippen LogP) is 7.62. The number of benzene rings is 2. The van der Waals surface area contributed by atoms with Crippen molar-refractivity contribution in [1.82, 2.24) is 9.80 Å². The van der Waals surface area contributed by atoms with Crippen molar-refractivity contribution in [2.75, 3.05) is 26.2 Å². The second kappa shape index (κ2) is 12.6. The van der Waals surface area contributed by atoms with Gasteiger partial charge in [0.25, 0.3) is 0 Å². The van der Waals surface area contributed by atoms with Crippen molar-refractivity contribution in [2.24, 2.45) is 16.7 Å². The van der Waals surface area contributed by atoms with Crippen LogP contribution in [-0.4, -0.2) is 47.9 Å². The molecule has 0 N–H and O–H groups in total. The summed E-state index contributed by atoms with van der Waals surface area (Å²) in [5, 5.41) is 2.36. The van der Waals surface area contributed by atoms with Crippen LogP contribution in [0.1, 0.15) is 86.9 Å². The number of likely N-dealkylation sites (tertiary alicyclic amines) is 1. The number of allylic oxidation sites excluding steroid dienone is 1. The largest absolute Gasteiger partial charge is 0.357 e. The third-order valence-corrected chi connectivity index (χ3v) is 7.30. The molecule has 5 heteroatoms. The van der Waals surface area contributed by atoms with Gasteiger partial charge in [-0.05, 0) is 40.9 Å². The fourth-order valence-electron chi connectivity index (χ4n) is 6.46. The van der Waals surface area contributed by atoms with Gasteiger partial charge in [-0.2, -0.15) is 0 Å². The number of ether oxygens (including phenoxy) is 1. The van der Waals surface area contributed by atoms with E-state index in [1.54, 1.807) is 0 Å². The van der Waals surface area contributed by atoms with E-state index in [2.05, 4.69) is 76.4 Å². The maximum Gasteiger partial charge on any atom is 0.233 e. The van der Waals surface area contributed by atoms with E-state index in [1.165, 1.54) is 15.7 Å². The van der Waals surface area contributed by atoms with Crippen molar-refractivity contribution >= 4 is 22.6 Å². The fraction of sp³-hybridized carbons (Fsp3) is 0.576. The van der Waals surface area contributed by atoms with Crippen LogP contribution >= 0.6 is 0 Å². The Balaban J connectivity index is 0.00000253. The smallest absolute Gasteiger partial charge is 0.233 e.